The Hall–Kier alpha value is -2.38. The van der Waals surface area contributed by atoms with Crippen LogP contribution < -0.4 is 0 Å². The molecule has 0 fully saturated rings. The highest BCUT2D eigenvalue weighted by Crippen LogP contribution is 2.27. The van der Waals surface area contributed by atoms with Crippen LogP contribution in [0.5, 0.6) is 0 Å². The first kappa shape index (κ1) is 13.6. The summed E-state index contributed by atoms with van der Waals surface area (Å²) in [6.45, 7) is 1.90. The van der Waals surface area contributed by atoms with E-state index in [9.17, 15) is 10.1 Å². The molecule has 1 N–H and O–H groups in total. The number of aromatic nitrogens is 1. The van der Waals surface area contributed by atoms with Gasteiger partial charge in [-0.3, -0.25) is 4.79 Å². The molecule has 0 saturated heterocycles. The van der Waals surface area contributed by atoms with Crippen LogP contribution in [0.1, 0.15) is 27.0 Å². The van der Waals surface area contributed by atoms with E-state index in [1.54, 1.807) is 24.4 Å². The van der Waals surface area contributed by atoms with Gasteiger partial charge in [0.05, 0.1) is 11.6 Å². The number of carbonyl (C=O) groups is 1. The van der Waals surface area contributed by atoms with E-state index in [1.165, 1.54) is 0 Å². The summed E-state index contributed by atoms with van der Waals surface area (Å²) in [5.74, 6) is -0.0808. The van der Waals surface area contributed by atoms with Gasteiger partial charge in [-0.2, -0.15) is 5.26 Å². The summed E-state index contributed by atoms with van der Waals surface area (Å²) < 4.78 is 0.897. The Morgan fingerprint density at radius 1 is 1.19 bits per heavy atom. The van der Waals surface area contributed by atoms with Crippen LogP contribution in [0.4, 0.5) is 0 Å². The maximum atomic E-state index is 12.8. The third-order valence-corrected chi connectivity index (χ3v) is 4.44. The highest BCUT2D eigenvalue weighted by Gasteiger charge is 2.18. The number of halogens is 1. The van der Waals surface area contributed by atoms with Gasteiger partial charge in [-0.1, -0.05) is 34.1 Å². The van der Waals surface area contributed by atoms with Crippen molar-refractivity contribution in [1.82, 2.24) is 4.98 Å². The lowest BCUT2D eigenvalue weighted by atomic mass is 9.97. The van der Waals surface area contributed by atoms with Gasteiger partial charge >= 0.3 is 0 Å². The lowest BCUT2D eigenvalue weighted by molar-refractivity contribution is 0.103. The van der Waals surface area contributed by atoms with E-state index in [0.29, 0.717) is 22.1 Å². The monoisotopic (exact) mass is 338 g/mol. The summed E-state index contributed by atoms with van der Waals surface area (Å²) in [4.78, 5) is 15.9. The zero-order valence-electron chi connectivity index (χ0n) is 11.3. The minimum atomic E-state index is -0.0808. The number of rotatable bonds is 2. The molecule has 2 aromatic carbocycles. The van der Waals surface area contributed by atoms with Crippen molar-refractivity contribution < 1.29 is 4.79 Å². The van der Waals surface area contributed by atoms with Gasteiger partial charge in [-0.15, -0.1) is 0 Å². The van der Waals surface area contributed by atoms with Crippen LogP contribution in [0.25, 0.3) is 10.9 Å². The van der Waals surface area contributed by atoms with Crippen LogP contribution in [0.15, 0.2) is 47.1 Å². The second kappa shape index (κ2) is 5.19. The van der Waals surface area contributed by atoms with Gasteiger partial charge in [-0.05, 0) is 30.7 Å². The molecule has 0 bridgehead atoms. The fourth-order valence-electron chi connectivity index (χ4n) is 2.46. The molecule has 1 heterocycles. The maximum Gasteiger partial charge on any atom is 0.195 e. The van der Waals surface area contributed by atoms with E-state index in [4.69, 9.17) is 0 Å². The second-order valence-corrected chi connectivity index (χ2v) is 5.64. The third kappa shape index (κ3) is 2.16. The molecule has 3 nitrogen and oxygen atoms in total. The zero-order valence-corrected chi connectivity index (χ0v) is 12.9. The van der Waals surface area contributed by atoms with Crippen LogP contribution in [0, 0.1) is 18.3 Å². The van der Waals surface area contributed by atoms with Gasteiger partial charge in [0.25, 0.3) is 0 Å². The summed E-state index contributed by atoms with van der Waals surface area (Å²) in [6, 6.07) is 13.1. The number of nitrogens with one attached hydrogen (secondary N) is 1. The summed E-state index contributed by atoms with van der Waals surface area (Å²) in [5.41, 5.74) is 3.36. The standard InChI is InChI=1S/C17H11BrN2O/c1-10-12(5-3-6-14(10)18)17(21)13-9-20-15-7-2-4-11(8-19)16(13)15/h2-7,9,20H,1H3. The number of hydrogen-bond acceptors (Lipinski definition) is 2. The van der Waals surface area contributed by atoms with E-state index in [0.717, 1.165) is 15.6 Å². The van der Waals surface area contributed by atoms with E-state index < -0.39 is 0 Å². The van der Waals surface area contributed by atoms with Gasteiger partial charge in [0.1, 0.15) is 0 Å². The van der Waals surface area contributed by atoms with Gasteiger partial charge in [-0.25, -0.2) is 0 Å². The lowest BCUT2D eigenvalue weighted by Gasteiger charge is -2.06. The predicted octanol–water partition coefficient (Wildman–Crippen LogP) is 4.34. The van der Waals surface area contributed by atoms with Gasteiger partial charge in [0.2, 0.25) is 0 Å². The molecule has 21 heavy (non-hydrogen) atoms. The lowest BCUT2D eigenvalue weighted by Crippen LogP contribution is -2.03. The zero-order chi connectivity index (χ0) is 15.0. The topological polar surface area (TPSA) is 56.6 Å². The SMILES string of the molecule is Cc1c(Br)cccc1C(=O)c1c[nH]c2cccc(C#N)c12. The summed E-state index contributed by atoms with van der Waals surface area (Å²) in [7, 11) is 0. The number of carbonyl (C=O) groups excluding carboxylic acids is 1. The maximum absolute atomic E-state index is 12.8. The summed E-state index contributed by atoms with van der Waals surface area (Å²) >= 11 is 3.44. The van der Waals surface area contributed by atoms with Crippen molar-refractivity contribution in [3.05, 3.63) is 69.3 Å². The van der Waals surface area contributed by atoms with Crippen molar-refractivity contribution in [1.29, 1.82) is 5.26 Å². The van der Waals surface area contributed by atoms with Crippen LogP contribution >= 0.6 is 15.9 Å². The smallest absolute Gasteiger partial charge is 0.195 e. The molecule has 0 spiro atoms. The molecule has 3 rings (SSSR count). The molecular weight excluding hydrogens is 328 g/mol. The number of H-pyrrole nitrogens is 1. The first-order valence-corrected chi connectivity index (χ1v) is 7.23. The third-order valence-electron chi connectivity index (χ3n) is 3.58. The molecular formula is C17H11BrN2O. The molecule has 0 aliphatic carbocycles. The summed E-state index contributed by atoms with van der Waals surface area (Å²) in [5, 5.41) is 9.93. The highest BCUT2D eigenvalue weighted by molar-refractivity contribution is 9.10. The summed E-state index contributed by atoms with van der Waals surface area (Å²) in [6.07, 6.45) is 1.67. The Labute approximate surface area is 130 Å². The van der Waals surface area contributed by atoms with Crippen molar-refractivity contribution in [2.45, 2.75) is 6.92 Å². The number of nitriles is 1. The van der Waals surface area contributed by atoms with Crippen LogP contribution in [-0.4, -0.2) is 10.8 Å². The number of hydrogen-bond donors (Lipinski definition) is 1. The fraction of sp³-hybridized carbons (Fsp3) is 0.0588. The second-order valence-electron chi connectivity index (χ2n) is 4.78. The number of aromatic amines is 1. The molecule has 0 atom stereocenters. The molecule has 0 amide bonds. The van der Waals surface area contributed by atoms with Crippen LogP contribution in [-0.2, 0) is 0 Å². The Kier molecular flexibility index (Phi) is 3.36. The number of ketones is 1. The average molecular weight is 339 g/mol. The van der Waals surface area contributed by atoms with Crippen molar-refractivity contribution in [2.24, 2.45) is 0 Å². The van der Waals surface area contributed by atoms with Crippen molar-refractivity contribution in [3.8, 4) is 6.07 Å². The predicted molar refractivity (Wildman–Crippen MR) is 85.3 cm³/mol. The fourth-order valence-corrected chi connectivity index (χ4v) is 2.82. The highest BCUT2D eigenvalue weighted by atomic mass is 79.9. The molecule has 0 radical (unpaired) electrons. The first-order valence-electron chi connectivity index (χ1n) is 6.43. The van der Waals surface area contributed by atoms with Gasteiger partial charge in [0, 0.05) is 32.7 Å². The van der Waals surface area contributed by atoms with Gasteiger partial charge in [0.15, 0.2) is 5.78 Å². The molecule has 1 aromatic heterocycles. The molecule has 0 aliphatic heterocycles. The first-order chi connectivity index (χ1) is 10.1. The van der Waals surface area contributed by atoms with Crippen molar-refractivity contribution in [2.75, 3.05) is 0 Å². The largest absolute Gasteiger partial charge is 0.360 e. The molecule has 102 valence electrons. The minimum absolute atomic E-state index is 0.0808. The van der Waals surface area contributed by atoms with E-state index in [2.05, 4.69) is 27.0 Å². The number of fused-ring (bicyclic) bond motifs is 1. The van der Waals surface area contributed by atoms with E-state index in [1.807, 2.05) is 25.1 Å². The van der Waals surface area contributed by atoms with Crippen molar-refractivity contribution >= 4 is 32.6 Å². The average Bonchev–Trinajstić information content (AvgIpc) is 2.93. The molecule has 0 aliphatic rings. The Balaban J connectivity index is 2.24. The molecule has 3 aromatic rings. The van der Waals surface area contributed by atoms with E-state index in [-0.39, 0.29) is 5.78 Å². The van der Waals surface area contributed by atoms with Crippen LogP contribution in [0.3, 0.4) is 0 Å². The van der Waals surface area contributed by atoms with E-state index >= 15 is 0 Å². The quantitative estimate of drug-likeness (QED) is 0.706. The Bertz CT molecular complexity index is 903. The number of nitrogens with zero attached hydrogens (tertiary/aromatic N) is 1. The van der Waals surface area contributed by atoms with Gasteiger partial charge < -0.3 is 4.98 Å². The molecule has 0 unspecified atom stereocenters. The van der Waals surface area contributed by atoms with Crippen LogP contribution in [0.2, 0.25) is 0 Å². The molecule has 4 heteroatoms. The Morgan fingerprint density at radius 3 is 2.71 bits per heavy atom. The molecule has 0 saturated carbocycles. The minimum Gasteiger partial charge on any atom is -0.360 e. The normalized spacial score (nSPS) is 10.5. The Morgan fingerprint density at radius 2 is 1.95 bits per heavy atom. The number of benzene rings is 2. The van der Waals surface area contributed by atoms with Crippen molar-refractivity contribution in [3.63, 3.8) is 0 Å².